The first-order chi connectivity index (χ1) is 12.7. The van der Waals surface area contributed by atoms with Crippen LogP contribution in [0.1, 0.15) is 23.2 Å². The number of aromatic nitrogens is 3. The van der Waals surface area contributed by atoms with Gasteiger partial charge in [-0.25, -0.2) is 0 Å². The largest absolute Gasteiger partial charge is 0.396 e. The first-order valence-electron chi connectivity index (χ1n) is 8.95. The van der Waals surface area contributed by atoms with Gasteiger partial charge in [-0.3, -0.25) is 14.3 Å². The Morgan fingerprint density at radius 2 is 2.00 bits per heavy atom. The number of carbonyl (C=O) groups excluding carboxylic acids is 1. The Bertz CT molecular complexity index is 734. The number of nitrogens with one attached hydrogen (secondary N) is 1. The molecule has 1 amide bonds. The van der Waals surface area contributed by atoms with Gasteiger partial charge in [0.1, 0.15) is 12.7 Å². The van der Waals surface area contributed by atoms with E-state index in [4.69, 9.17) is 9.84 Å². The normalized spacial score (nSPS) is 25.8. The zero-order valence-electron chi connectivity index (χ0n) is 14.5. The number of nitrogens with zero attached hydrogens (tertiary/aromatic N) is 4. The van der Waals surface area contributed by atoms with Gasteiger partial charge in [0.2, 0.25) is 0 Å². The van der Waals surface area contributed by atoms with E-state index in [9.17, 15) is 4.79 Å². The fourth-order valence-corrected chi connectivity index (χ4v) is 3.75. The van der Waals surface area contributed by atoms with Crippen LogP contribution in [0.2, 0.25) is 0 Å². The third kappa shape index (κ3) is 3.62. The number of ether oxygens (including phenoxy) is 1. The van der Waals surface area contributed by atoms with Crippen molar-refractivity contribution in [1.29, 1.82) is 0 Å². The maximum absolute atomic E-state index is 12.5. The third-order valence-electron chi connectivity index (χ3n) is 5.12. The highest BCUT2D eigenvalue weighted by molar-refractivity contribution is 5.94. The SMILES string of the molecule is O=C(N[C@H]1C[C@H]2CO[C@@H](CCO)CN2C1)c1ccc(-n2cnnc2)cc1. The van der Waals surface area contributed by atoms with Gasteiger partial charge >= 0.3 is 0 Å². The summed E-state index contributed by atoms with van der Waals surface area (Å²) < 4.78 is 7.58. The summed E-state index contributed by atoms with van der Waals surface area (Å²) in [6.07, 6.45) is 4.90. The van der Waals surface area contributed by atoms with Crippen molar-refractivity contribution in [2.45, 2.75) is 31.0 Å². The molecule has 2 N–H and O–H groups in total. The molecule has 0 saturated carbocycles. The highest BCUT2D eigenvalue weighted by atomic mass is 16.5. The van der Waals surface area contributed by atoms with E-state index in [1.165, 1.54) is 0 Å². The number of morpholine rings is 1. The average molecular weight is 357 g/mol. The minimum atomic E-state index is -0.0574. The molecule has 26 heavy (non-hydrogen) atoms. The van der Waals surface area contributed by atoms with Crippen molar-refractivity contribution >= 4 is 5.91 Å². The van der Waals surface area contributed by atoms with Crippen molar-refractivity contribution in [3.8, 4) is 5.69 Å². The molecule has 0 bridgehead atoms. The Kier molecular flexibility index (Phi) is 4.96. The molecule has 0 aliphatic carbocycles. The van der Waals surface area contributed by atoms with Crippen LogP contribution in [-0.4, -0.2) is 75.2 Å². The Morgan fingerprint density at radius 3 is 2.73 bits per heavy atom. The molecule has 2 aliphatic heterocycles. The first kappa shape index (κ1) is 17.1. The highest BCUT2D eigenvalue weighted by Gasteiger charge is 2.37. The summed E-state index contributed by atoms with van der Waals surface area (Å²) in [5.74, 6) is -0.0574. The van der Waals surface area contributed by atoms with Gasteiger partial charge in [-0.15, -0.1) is 10.2 Å². The van der Waals surface area contributed by atoms with Gasteiger partial charge in [0.15, 0.2) is 0 Å². The second-order valence-electron chi connectivity index (χ2n) is 6.90. The van der Waals surface area contributed by atoms with Crippen LogP contribution in [0.3, 0.4) is 0 Å². The maximum Gasteiger partial charge on any atom is 0.251 e. The Labute approximate surface area is 151 Å². The summed E-state index contributed by atoms with van der Waals surface area (Å²) in [5, 5.41) is 19.8. The molecule has 0 spiro atoms. The Morgan fingerprint density at radius 1 is 1.23 bits per heavy atom. The minimum absolute atomic E-state index is 0.0574. The van der Waals surface area contributed by atoms with Crippen molar-refractivity contribution in [3.63, 3.8) is 0 Å². The molecular formula is C18H23N5O3. The second kappa shape index (κ2) is 7.53. The number of aliphatic hydroxyl groups excluding tert-OH is 1. The van der Waals surface area contributed by atoms with Gasteiger partial charge in [-0.1, -0.05) is 0 Å². The van der Waals surface area contributed by atoms with Crippen LogP contribution in [-0.2, 0) is 4.74 Å². The van der Waals surface area contributed by atoms with E-state index < -0.39 is 0 Å². The molecule has 0 unspecified atom stereocenters. The van der Waals surface area contributed by atoms with Crippen LogP contribution < -0.4 is 5.32 Å². The number of benzene rings is 1. The van der Waals surface area contributed by atoms with E-state index in [2.05, 4.69) is 20.4 Å². The lowest BCUT2D eigenvalue weighted by atomic mass is 10.1. The molecule has 8 heteroatoms. The van der Waals surface area contributed by atoms with Crippen molar-refractivity contribution in [1.82, 2.24) is 25.0 Å². The number of fused-ring (bicyclic) bond motifs is 1. The summed E-state index contributed by atoms with van der Waals surface area (Å²) >= 11 is 0. The van der Waals surface area contributed by atoms with E-state index in [-0.39, 0.29) is 24.7 Å². The monoisotopic (exact) mass is 357 g/mol. The van der Waals surface area contributed by atoms with Gasteiger partial charge in [0.05, 0.1) is 12.7 Å². The minimum Gasteiger partial charge on any atom is -0.396 e. The summed E-state index contributed by atoms with van der Waals surface area (Å²) in [6, 6.07) is 7.86. The number of hydrogen-bond acceptors (Lipinski definition) is 6. The second-order valence-corrected chi connectivity index (χ2v) is 6.90. The molecule has 0 radical (unpaired) electrons. The van der Waals surface area contributed by atoms with E-state index >= 15 is 0 Å². The molecule has 2 aromatic rings. The topological polar surface area (TPSA) is 92.5 Å². The Balaban J connectivity index is 1.34. The van der Waals surface area contributed by atoms with Crippen LogP contribution in [0.4, 0.5) is 0 Å². The van der Waals surface area contributed by atoms with Gasteiger partial charge in [0.25, 0.3) is 5.91 Å². The quantitative estimate of drug-likeness (QED) is 0.795. The highest BCUT2D eigenvalue weighted by Crippen LogP contribution is 2.24. The fraction of sp³-hybridized carbons (Fsp3) is 0.500. The molecule has 1 aromatic heterocycles. The summed E-state index contributed by atoms with van der Waals surface area (Å²) in [6.45, 7) is 2.48. The molecule has 3 heterocycles. The van der Waals surface area contributed by atoms with E-state index in [1.54, 1.807) is 17.2 Å². The zero-order valence-corrected chi connectivity index (χ0v) is 14.5. The zero-order chi connectivity index (χ0) is 17.9. The van der Waals surface area contributed by atoms with E-state index in [1.807, 2.05) is 24.3 Å². The lowest BCUT2D eigenvalue weighted by Crippen LogP contribution is -2.46. The number of carbonyl (C=O) groups is 1. The first-order valence-corrected chi connectivity index (χ1v) is 8.95. The van der Waals surface area contributed by atoms with Crippen LogP contribution >= 0.6 is 0 Å². The predicted octanol–water partition coefficient (Wildman–Crippen LogP) is 0.221. The molecule has 1 aromatic carbocycles. The predicted molar refractivity (Wildman–Crippen MR) is 94.0 cm³/mol. The number of amides is 1. The average Bonchev–Trinajstić information content (AvgIpc) is 3.31. The van der Waals surface area contributed by atoms with Crippen LogP contribution in [0.15, 0.2) is 36.9 Å². The smallest absolute Gasteiger partial charge is 0.251 e. The maximum atomic E-state index is 12.5. The third-order valence-corrected chi connectivity index (χ3v) is 5.12. The van der Waals surface area contributed by atoms with Crippen molar-refractivity contribution in [3.05, 3.63) is 42.5 Å². The summed E-state index contributed by atoms with van der Waals surface area (Å²) in [7, 11) is 0. The molecule has 2 aliphatic rings. The summed E-state index contributed by atoms with van der Waals surface area (Å²) in [5.41, 5.74) is 1.55. The van der Waals surface area contributed by atoms with Crippen LogP contribution in [0.5, 0.6) is 0 Å². The Hall–Kier alpha value is -2.29. The number of hydrogen-bond donors (Lipinski definition) is 2. The van der Waals surface area contributed by atoms with Crippen molar-refractivity contribution in [2.24, 2.45) is 0 Å². The summed E-state index contributed by atoms with van der Waals surface area (Å²) in [4.78, 5) is 14.9. The molecular weight excluding hydrogens is 334 g/mol. The fourth-order valence-electron chi connectivity index (χ4n) is 3.75. The molecule has 138 valence electrons. The van der Waals surface area contributed by atoms with Crippen molar-refractivity contribution in [2.75, 3.05) is 26.3 Å². The molecule has 2 fully saturated rings. The lowest BCUT2D eigenvalue weighted by Gasteiger charge is -2.34. The molecule has 8 nitrogen and oxygen atoms in total. The van der Waals surface area contributed by atoms with Crippen LogP contribution in [0, 0.1) is 0 Å². The number of rotatable bonds is 5. The van der Waals surface area contributed by atoms with Gasteiger partial charge < -0.3 is 15.2 Å². The van der Waals surface area contributed by atoms with Gasteiger partial charge in [-0.2, -0.15) is 0 Å². The molecule has 2 saturated heterocycles. The standard InChI is InChI=1S/C18H23N5O3/c24-6-5-17-9-22-8-14(7-16(22)10-26-17)21-18(25)13-1-3-15(4-2-13)23-11-19-20-12-23/h1-4,11-12,14,16-17,24H,5-10H2,(H,21,25)/t14-,16-,17-/m0/s1. The van der Waals surface area contributed by atoms with E-state index in [0.717, 1.165) is 25.2 Å². The molecule has 4 rings (SSSR count). The van der Waals surface area contributed by atoms with Crippen molar-refractivity contribution < 1.29 is 14.6 Å². The molecule has 3 atom stereocenters. The lowest BCUT2D eigenvalue weighted by molar-refractivity contribution is -0.0566. The van der Waals surface area contributed by atoms with Gasteiger partial charge in [-0.05, 0) is 37.1 Å². The van der Waals surface area contributed by atoms with E-state index in [0.29, 0.717) is 24.6 Å². The van der Waals surface area contributed by atoms with Gasteiger partial charge in [0, 0.05) is 43.0 Å². The van der Waals surface area contributed by atoms with Crippen LogP contribution in [0.25, 0.3) is 5.69 Å². The number of aliphatic hydroxyl groups is 1.